The summed E-state index contributed by atoms with van der Waals surface area (Å²) in [5, 5.41) is 0.132. The van der Waals surface area contributed by atoms with Crippen LogP contribution in [0.15, 0.2) is 16.5 Å². The largest absolute Gasteiger partial charge is 0.463 e. The Hall–Kier alpha value is -1.04. The molecule has 0 unspecified atom stereocenters. The second-order valence-electron chi connectivity index (χ2n) is 4.63. The van der Waals surface area contributed by atoms with E-state index in [4.69, 9.17) is 20.8 Å². The normalized spacial score (nSPS) is 23.7. The number of carbonyl (C=O) groups excluding carboxylic acids is 1. The number of likely N-dealkylation sites (N-methyl/N-ethyl adjacent to an activating group) is 1. The van der Waals surface area contributed by atoms with E-state index in [9.17, 15) is 4.79 Å². The number of esters is 1. The van der Waals surface area contributed by atoms with Gasteiger partial charge in [0.15, 0.2) is 0 Å². The number of likely N-dealkylation sites (tertiary alicyclic amines) is 1. The second-order valence-corrected chi connectivity index (χ2v) is 5.19. The van der Waals surface area contributed by atoms with E-state index in [1.165, 1.54) is 7.11 Å². The summed E-state index contributed by atoms with van der Waals surface area (Å²) in [5.41, 5.74) is 0. The van der Waals surface area contributed by atoms with Gasteiger partial charge >= 0.3 is 5.97 Å². The molecule has 0 radical (unpaired) electrons. The molecule has 2 rings (SSSR count). The number of alkyl halides is 1. The highest BCUT2D eigenvalue weighted by Crippen LogP contribution is 2.22. The summed E-state index contributed by atoms with van der Waals surface area (Å²) in [6.07, 6.45) is 0.985. The van der Waals surface area contributed by atoms with Crippen molar-refractivity contribution in [3.05, 3.63) is 23.7 Å². The fraction of sp³-hybridized carbons (Fsp3) is 0.615. The third kappa shape index (κ3) is 3.49. The van der Waals surface area contributed by atoms with Crippen LogP contribution in [0, 0.1) is 0 Å². The Morgan fingerprint density at radius 2 is 2.37 bits per heavy atom. The van der Waals surface area contributed by atoms with Gasteiger partial charge < -0.3 is 13.9 Å². The van der Waals surface area contributed by atoms with Gasteiger partial charge in [0.25, 0.3) is 0 Å². The number of rotatable bonds is 5. The number of halogens is 1. The summed E-state index contributed by atoms with van der Waals surface area (Å²) >= 11 is 6.21. The Kier molecular flexibility index (Phi) is 4.85. The fourth-order valence-electron chi connectivity index (χ4n) is 2.14. The van der Waals surface area contributed by atoms with Gasteiger partial charge in [-0.2, -0.15) is 0 Å². The molecule has 1 fully saturated rings. The molecule has 2 heterocycles. The van der Waals surface area contributed by atoms with Crippen LogP contribution in [-0.4, -0.2) is 49.6 Å². The maximum Gasteiger partial charge on any atom is 0.373 e. The lowest BCUT2D eigenvalue weighted by Gasteiger charge is -2.21. The minimum atomic E-state index is -0.484. The number of carbonyl (C=O) groups is 1. The Bertz CT molecular complexity index is 424. The van der Waals surface area contributed by atoms with Gasteiger partial charge in [0.05, 0.1) is 19.1 Å². The molecule has 2 atom stereocenters. The van der Waals surface area contributed by atoms with E-state index in [2.05, 4.69) is 9.64 Å². The summed E-state index contributed by atoms with van der Waals surface area (Å²) in [5.74, 6) is 0.309. The molecule has 0 N–H and O–H groups in total. The molecular formula is C13H18ClNO4. The molecule has 6 heteroatoms. The SMILES string of the molecule is COC(=O)c1ccc(COC[C@H]2[C@@H](Cl)CCN2C)o1. The van der Waals surface area contributed by atoms with Crippen LogP contribution in [0.1, 0.15) is 22.7 Å². The summed E-state index contributed by atoms with van der Waals surface area (Å²) in [6, 6.07) is 3.52. The zero-order chi connectivity index (χ0) is 13.8. The van der Waals surface area contributed by atoms with Gasteiger partial charge in [-0.25, -0.2) is 4.79 Å². The van der Waals surface area contributed by atoms with E-state index in [1.54, 1.807) is 12.1 Å². The van der Waals surface area contributed by atoms with Crippen molar-refractivity contribution in [3.63, 3.8) is 0 Å². The van der Waals surface area contributed by atoms with Gasteiger partial charge in [-0.1, -0.05) is 0 Å². The first-order chi connectivity index (χ1) is 9.11. The summed E-state index contributed by atoms with van der Waals surface area (Å²) in [7, 11) is 3.36. The van der Waals surface area contributed by atoms with Crippen molar-refractivity contribution >= 4 is 17.6 Å². The highest BCUT2D eigenvalue weighted by molar-refractivity contribution is 6.21. The van der Waals surface area contributed by atoms with Gasteiger partial charge in [-0.3, -0.25) is 4.90 Å². The molecule has 1 aromatic heterocycles. The van der Waals surface area contributed by atoms with Crippen LogP contribution in [0.25, 0.3) is 0 Å². The van der Waals surface area contributed by atoms with Crippen LogP contribution in [0.5, 0.6) is 0 Å². The van der Waals surface area contributed by atoms with E-state index in [-0.39, 0.29) is 17.2 Å². The molecule has 106 valence electrons. The van der Waals surface area contributed by atoms with Crippen molar-refractivity contribution in [2.45, 2.75) is 24.4 Å². The van der Waals surface area contributed by atoms with Crippen molar-refractivity contribution in [2.24, 2.45) is 0 Å². The maximum atomic E-state index is 11.2. The molecule has 0 amide bonds. The lowest BCUT2D eigenvalue weighted by molar-refractivity contribution is 0.0527. The predicted molar refractivity (Wildman–Crippen MR) is 70.4 cm³/mol. The summed E-state index contributed by atoms with van der Waals surface area (Å²) in [4.78, 5) is 13.4. The number of methoxy groups -OCH3 is 1. The minimum absolute atomic E-state index is 0.132. The maximum absolute atomic E-state index is 11.2. The quantitative estimate of drug-likeness (QED) is 0.611. The summed E-state index contributed by atoms with van der Waals surface area (Å²) in [6.45, 7) is 1.87. The molecule has 5 nitrogen and oxygen atoms in total. The monoisotopic (exact) mass is 287 g/mol. The van der Waals surface area contributed by atoms with E-state index >= 15 is 0 Å². The molecule has 0 aromatic carbocycles. The molecule has 0 aliphatic carbocycles. The van der Waals surface area contributed by atoms with Crippen LogP contribution in [-0.2, 0) is 16.1 Å². The molecule has 19 heavy (non-hydrogen) atoms. The van der Waals surface area contributed by atoms with Crippen LogP contribution < -0.4 is 0 Å². The van der Waals surface area contributed by atoms with Gasteiger partial charge in [0, 0.05) is 6.04 Å². The third-order valence-corrected chi connectivity index (χ3v) is 3.83. The molecule has 1 aliphatic heterocycles. The Morgan fingerprint density at radius 3 is 3.00 bits per heavy atom. The Morgan fingerprint density at radius 1 is 1.58 bits per heavy atom. The zero-order valence-corrected chi connectivity index (χ0v) is 11.9. The Labute approximate surface area is 117 Å². The minimum Gasteiger partial charge on any atom is -0.463 e. The first kappa shape index (κ1) is 14.4. The van der Waals surface area contributed by atoms with Gasteiger partial charge in [0.2, 0.25) is 5.76 Å². The molecule has 0 saturated carbocycles. The lowest BCUT2D eigenvalue weighted by Crippen LogP contribution is -2.34. The van der Waals surface area contributed by atoms with E-state index < -0.39 is 5.97 Å². The number of nitrogens with zero attached hydrogens (tertiary/aromatic N) is 1. The first-order valence-electron chi connectivity index (χ1n) is 6.21. The third-order valence-electron chi connectivity index (χ3n) is 3.32. The van der Waals surface area contributed by atoms with E-state index in [0.717, 1.165) is 13.0 Å². The summed E-state index contributed by atoms with van der Waals surface area (Å²) < 4.78 is 15.5. The molecule has 0 spiro atoms. The molecule has 1 saturated heterocycles. The highest BCUT2D eigenvalue weighted by atomic mass is 35.5. The molecule has 1 aliphatic rings. The highest BCUT2D eigenvalue weighted by Gasteiger charge is 2.30. The molecule has 1 aromatic rings. The van der Waals surface area contributed by atoms with E-state index in [0.29, 0.717) is 19.0 Å². The van der Waals surface area contributed by atoms with E-state index in [1.807, 2.05) is 7.05 Å². The number of ether oxygens (including phenoxy) is 2. The van der Waals surface area contributed by atoms with Crippen molar-refractivity contribution in [3.8, 4) is 0 Å². The predicted octanol–water partition coefficient (Wildman–Crippen LogP) is 1.89. The van der Waals surface area contributed by atoms with Crippen LogP contribution >= 0.6 is 11.6 Å². The zero-order valence-electron chi connectivity index (χ0n) is 11.1. The van der Waals surface area contributed by atoms with Gasteiger partial charge in [-0.05, 0) is 32.1 Å². The van der Waals surface area contributed by atoms with Gasteiger partial charge in [-0.15, -0.1) is 11.6 Å². The Balaban J connectivity index is 1.79. The standard InChI is InChI=1S/C13H18ClNO4/c1-15-6-5-10(14)11(15)8-18-7-9-3-4-12(19-9)13(16)17-2/h3-4,10-11H,5-8H2,1-2H3/t10-,11-/m0/s1. The fourth-order valence-corrected chi connectivity index (χ4v) is 2.50. The lowest BCUT2D eigenvalue weighted by atomic mass is 10.2. The van der Waals surface area contributed by atoms with Crippen molar-refractivity contribution < 1.29 is 18.7 Å². The van der Waals surface area contributed by atoms with Crippen LogP contribution in [0.4, 0.5) is 0 Å². The number of hydrogen-bond acceptors (Lipinski definition) is 5. The van der Waals surface area contributed by atoms with Gasteiger partial charge in [0.1, 0.15) is 12.4 Å². The average molecular weight is 288 g/mol. The first-order valence-corrected chi connectivity index (χ1v) is 6.64. The van der Waals surface area contributed by atoms with Crippen molar-refractivity contribution in [1.29, 1.82) is 0 Å². The molecule has 0 bridgehead atoms. The number of hydrogen-bond donors (Lipinski definition) is 0. The number of furan rings is 1. The van der Waals surface area contributed by atoms with Crippen LogP contribution in [0.3, 0.4) is 0 Å². The average Bonchev–Trinajstić information content (AvgIpc) is 2.99. The van der Waals surface area contributed by atoms with Crippen LogP contribution in [0.2, 0.25) is 0 Å². The van der Waals surface area contributed by atoms with Crippen molar-refractivity contribution in [2.75, 3.05) is 27.3 Å². The molecular weight excluding hydrogens is 270 g/mol. The van der Waals surface area contributed by atoms with Crippen molar-refractivity contribution in [1.82, 2.24) is 4.90 Å². The smallest absolute Gasteiger partial charge is 0.373 e. The topological polar surface area (TPSA) is 51.9 Å². The second kappa shape index (κ2) is 6.41.